The van der Waals surface area contributed by atoms with Crippen molar-refractivity contribution in [3.63, 3.8) is 0 Å². The number of benzene rings is 1. The maximum absolute atomic E-state index is 11.0. The molecule has 0 fully saturated rings. The molecule has 1 aromatic heterocycles. The molecule has 5 nitrogen and oxygen atoms in total. The van der Waals surface area contributed by atoms with Gasteiger partial charge in [-0.1, -0.05) is 30.3 Å². The van der Waals surface area contributed by atoms with Crippen molar-refractivity contribution >= 4 is 5.97 Å². The highest BCUT2D eigenvalue weighted by atomic mass is 16.7. The van der Waals surface area contributed by atoms with Crippen molar-refractivity contribution < 1.29 is 19.4 Å². The largest absolute Gasteiger partial charge is 0.476 e. The summed E-state index contributed by atoms with van der Waals surface area (Å²) in [6.07, 6.45) is 0. The van der Waals surface area contributed by atoms with Crippen LogP contribution in [0.25, 0.3) is 0 Å². The summed E-state index contributed by atoms with van der Waals surface area (Å²) >= 11 is 0. The van der Waals surface area contributed by atoms with Crippen molar-refractivity contribution in [1.82, 2.24) is 4.98 Å². The normalized spacial score (nSPS) is 10.2. The zero-order valence-corrected chi connectivity index (χ0v) is 11.1. The molecule has 0 aliphatic carbocycles. The first kappa shape index (κ1) is 14.0. The second-order valence-corrected chi connectivity index (χ2v) is 4.20. The van der Waals surface area contributed by atoms with Gasteiger partial charge in [-0.3, -0.25) is 0 Å². The summed E-state index contributed by atoms with van der Waals surface area (Å²) in [6, 6.07) is 12.9. The number of hydrogen-bond acceptors (Lipinski definition) is 4. The van der Waals surface area contributed by atoms with Crippen LogP contribution < -0.4 is 4.74 Å². The molecule has 0 aliphatic heterocycles. The molecule has 2 aromatic rings. The molecule has 20 heavy (non-hydrogen) atoms. The van der Waals surface area contributed by atoms with E-state index in [9.17, 15) is 4.79 Å². The SMILES string of the molecule is Cc1ccc(OCOCc2ccccc2)c(C(=O)O)n1. The molecule has 1 heterocycles. The van der Waals surface area contributed by atoms with E-state index in [4.69, 9.17) is 14.6 Å². The molecular formula is C15H15NO4. The Morgan fingerprint density at radius 2 is 1.95 bits per heavy atom. The van der Waals surface area contributed by atoms with E-state index in [0.29, 0.717) is 12.3 Å². The molecule has 5 heteroatoms. The molecule has 0 radical (unpaired) electrons. The Morgan fingerprint density at radius 1 is 1.20 bits per heavy atom. The van der Waals surface area contributed by atoms with Gasteiger partial charge in [-0.15, -0.1) is 0 Å². The van der Waals surface area contributed by atoms with Gasteiger partial charge in [0.15, 0.2) is 18.2 Å². The Morgan fingerprint density at radius 3 is 2.65 bits per heavy atom. The summed E-state index contributed by atoms with van der Waals surface area (Å²) in [5.41, 5.74) is 1.55. The van der Waals surface area contributed by atoms with Crippen LogP contribution >= 0.6 is 0 Å². The predicted molar refractivity (Wildman–Crippen MR) is 72.7 cm³/mol. The van der Waals surface area contributed by atoms with Crippen molar-refractivity contribution in [3.8, 4) is 5.75 Å². The third-order valence-corrected chi connectivity index (χ3v) is 2.61. The van der Waals surface area contributed by atoms with Crippen LogP contribution in [-0.2, 0) is 11.3 Å². The third kappa shape index (κ3) is 3.80. The van der Waals surface area contributed by atoms with Crippen LogP contribution in [0, 0.1) is 6.92 Å². The molecule has 1 N–H and O–H groups in total. The molecule has 0 bridgehead atoms. The molecule has 0 saturated heterocycles. The number of carboxylic acids is 1. The molecule has 0 spiro atoms. The Hall–Kier alpha value is -2.40. The van der Waals surface area contributed by atoms with Crippen LogP contribution in [0.5, 0.6) is 5.75 Å². The van der Waals surface area contributed by atoms with Crippen LogP contribution in [0.2, 0.25) is 0 Å². The quantitative estimate of drug-likeness (QED) is 0.647. The highest BCUT2D eigenvalue weighted by Crippen LogP contribution is 2.17. The van der Waals surface area contributed by atoms with E-state index in [-0.39, 0.29) is 18.2 Å². The molecule has 0 saturated carbocycles. The molecule has 1 aromatic carbocycles. The van der Waals surface area contributed by atoms with Gasteiger partial charge in [-0.2, -0.15) is 0 Å². The van der Waals surface area contributed by atoms with Gasteiger partial charge in [-0.25, -0.2) is 9.78 Å². The Kier molecular flexibility index (Phi) is 4.68. The van der Waals surface area contributed by atoms with Gasteiger partial charge in [0.1, 0.15) is 0 Å². The number of nitrogens with zero attached hydrogens (tertiary/aromatic N) is 1. The summed E-state index contributed by atoms with van der Waals surface area (Å²) < 4.78 is 10.7. The van der Waals surface area contributed by atoms with Crippen molar-refractivity contribution in [3.05, 3.63) is 59.4 Å². The standard InChI is InChI=1S/C15H15NO4/c1-11-7-8-13(14(16-11)15(17)18)20-10-19-9-12-5-3-2-4-6-12/h2-8H,9-10H2,1H3,(H,17,18). The first-order valence-electron chi connectivity index (χ1n) is 6.12. The first-order valence-corrected chi connectivity index (χ1v) is 6.12. The minimum absolute atomic E-state index is 0.0279. The zero-order chi connectivity index (χ0) is 14.4. The van der Waals surface area contributed by atoms with Gasteiger partial charge in [0.05, 0.1) is 6.61 Å². The number of rotatable bonds is 6. The van der Waals surface area contributed by atoms with Gasteiger partial charge >= 0.3 is 5.97 Å². The van der Waals surface area contributed by atoms with Gasteiger partial charge < -0.3 is 14.6 Å². The minimum Gasteiger partial charge on any atom is -0.476 e. The van der Waals surface area contributed by atoms with E-state index in [1.54, 1.807) is 19.1 Å². The van der Waals surface area contributed by atoms with Crippen molar-refractivity contribution in [2.24, 2.45) is 0 Å². The second kappa shape index (κ2) is 6.68. The minimum atomic E-state index is -1.12. The fourth-order valence-corrected chi connectivity index (χ4v) is 1.65. The highest BCUT2D eigenvalue weighted by molar-refractivity contribution is 5.88. The summed E-state index contributed by atoms with van der Waals surface area (Å²) in [7, 11) is 0. The van der Waals surface area contributed by atoms with Crippen LogP contribution in [0.4, 0.5) is 0 Å². The van der Waals surface area contributed by atoms with Gasteiger partial charge in [0, 0.05) is 5.69 Å². The Bertz CT molecular complexity index is 584. The van der Waals surface area contributed by atoms with Crippen LogP contribution in [0.15, 0.2) is 42.5 Å². The number of aromatic carboxylic acids is 1. The summed E-state index contributed by atoms with van der Waals surface area (Å²) in [6.45, 7) is 2.10. The van der Waals surface area contributed by atoms with Crippen molar-refractivity contribution in [2.75, 3.05) is 6.79 Å². The first-order chi connectivity index (χ1) is 9.66. The number of carboxylic acid groups (broad SMARTS) is 1. The van der Waals surface area contributed by atoms with E-state index in [2.05, 4.69) is 4.98 Å². The lowest BCUT2D eigenvalue weighted by Crippen LogP contribution is -2.09. The number of carbonyl (C=O) groups is 1. The Balaban J connectivity index is 1.90. The monoisotopic (exact) mass is 273 g/mol. The predicted octanol–water partition coefficient (Wildman–Crippen LogP) is 2.64. The third-order valence-electron chi connectivity index (χ3n) is 2.61. The van der Waals surface area contributed by atoms with Crippen LogP contribution in [0.3, 0.4) is 0 Å². The lowest BCUT2D eigenvalue weighted by molar-refractivity contribution is 0.00402. The smallest absolute Gasteiger partial charge is 0.358 e. The van der Waals surface area contributed by atoms with E-state index >= 15 is 0 Å². The van der Waals surface area contributed by atoms with E-state index < -0.39 is 5.97 Å². The van der Waals surface area contributed by atoms with E-state index in [1.807, 2.05) is 30.3 Å². The summed E-state index contributed by atoms with van der Waals surface area (Å²) in [5, 5.41) is 9.04. The average Bonchev–Trinajstić information content (AvgIpc) is 2.45. The zero-order valence-electron chi connectivity index (χ0n) is 11.1. The molecule has 2 rings (SSSR count). The molecule has 104 valence electrons. The van der Waals surface area contributed by atoms with Crippen LogP contribution in [0.1, 0.15) is 21.7 Å². The van der Waals surface area contributed by atoms with Gasteiger partial charge in [0.25, 0.3) is 0 Å². The number of hydrogen-bond donors (Lipinski definition) is 1. The number of ether oxygens (including phenoxy) is 2. The van der Waals surface area contributed by atoms with Gasteiger partial charge in [-0.05, 0) is 24.6 Å². The van der Waals surface area contributed by atoms with Crippen molar-refractivity contribution in [1.29, 1.82) is 0 Å². The second-order valence-electron chi connectivity index (χ2n) is 4.20. The summed E-state index contributed by atoms with van der Waals surface area (Å²) in [4.78, 5) is 15.0. The maximum atomic E-state index is 11.0. The van der Waals surface area contributed by atoms with Gasteiger partial charge in [0.2, 0.25) is 0 Å². The number of aromatic nitrogens is 1. The fourth-order valence-electron chi connectivity index (χ4n) is 1.65. The summed E-state index contributed by atoms with van der Waals surface area (Å²) in [5.74, 6) is -0.914. The number of pyridine rings is 1. The maximum Gasteiger partial charge on any atom is 0.358 e. The van der Waals surface area contributed by atoms with E-state index in [1.165, 1.54) is 0 Å². The molecular weight excluding hydrogens is 258 g/mol. The Labute approximate surface area is 116 Å². The lowest BCUT2D eigenvalue weighted by Gasteiger charge is -2.09. The molecule has 0 atom stereocenters. The van der Waals surface area contributed by atoms with Crippen LogP contribution in [-0.4, -0.2) is 22.9 Å². The molecule has 0 unspecified atom stereocenters. The average molecular weight is 273 g/mol. The lowest BCUT2D eigenvalue weighted by atomic mass is 10.2. The fraction of sp³-hybridized carbons (Fsp3) is 0.200. The number of aryl methyl sites for hydroxylation is 1. The van der Waals surface area contributed by atoms with Crippen molar-refractivity contribution in [2.45, 2.75) is 13.5 Å². The molecule has 0 aliphatic rings. The topological polar surface area (TPSA) is 68.7 Å². The highest BCUT2D eigenvalue weighted by Gasteiger charge is 2.13. The molecule has 0 amide bonds. The van der Waals surface area contributed by atoms with E-state index in [0.717, 1.165) is 5.56 Å².